The summed E-state index contributed by atoms with van der Waals surface area (Å²) in [5, 5.41) is 20.4. The van der Waals surface area contributed by atoms with Crippen LogP contribution in [-0.2, 0) is 10.1 Å². The molecule has 12 nitrogen and oxygen atoms in total. The molecule has 0 amide bonds. The van der Waals surface area contributed by atoms with Crippen molar-refractivity contribution in [2.24, 2.45) is 27.2 Å². The van der Waals surface area contributed by atoms with Gasteiger partial charge in [-0.25, -0.2) is 4.99 Å². The van der Waals surface area contributed by atoms with Crippen molar-refractivity contribution >= 4 is 33.4 Å². The Balaban J connectivity index is 3.62. The summed E-state index contributed by atoms with van der Waals surface area (Å²) in [7, 11) is -4.77. The van der Waals surface area contributed by atoms with E-state index in [1.54, 1.807) is 0 Å². The minimum Gasteiger partial charge on any atom is -0.501 e. The van der Waals surface area contributed by atoms with Crippen molar-refractivity contribution in [3.63, 3.8) is 0 Å². The van der Waals surface area contributed by atoms with E-state index in [4.69, 9.17) is 21.8 Å². The Morgan fingerprint density at radius 3 is 2.29 bits per heavy atom. The Morgan fingerprint density at radius 1 is 1.29 bits per heavy atom. The highest BCUT2D eigenvalue weighted by atomic mass is 32.2. The van der Waals surface area contributed by atoms with E-state index in [0.717, 1.165) is 0 Å². The van der Waals surface area contributed by atoms with Gasteiger partial charge < -0.3 is 22.3 Å². The molecule has 0 aliphatic heterocycles. The van der Waals surface area contributed by atoms with E-state index in [1.807, 2.05) is 0 Å². The van der Waals surface area contributed by atoms with Crippen LogP contribution in [0.5, 0.6) is 5.75 Å². The van der Waals surface area contributed by atoms with Gasteiger partial charge in [-0.05, 0) is 6.07 Å². The largest absolute Gasteiger partial charge is 0.501 e. The summed E-state index contributed by atoms with van der Waals surface area (Å²) in [6, 6.07) is 1.12. The molecule has 1 aromatic carbocycles. The van der Waals surface area contributed by atoms with E-state index in [0.29, 0.717) is 12.1 Å². The number of hydrogen-bond acceptors (Lipinski definition) is 6. The second kappa shape index (κ2) is 5.59. The quantitative estimate of drug-likeness (QED) is 0.148. The lowest BCUT2D eigenvalue weighted by Gasteiger charge is -2.04. The lowest BCUT2D eigenvalue weighted by Crippen LogP contribution is -2.26. The lowest BCUT2D eigenvalue weighted by molar-refractivity contribution is -0.386. The van der Waals surface area contributed by atoms with Gasteiger partial charge in [-0.15, -0.1) is 0 Å². The number of nitro groups is 1. The number of nitrogens with zero attached hydrogens (tertiary/aromatic N) is 3. The van der Waals surface area contributed by atoms with E-state index in [-0.39, 0.29) is 0 Å². The Kier molecular flexibility index (Phi) is 4.30. The standard InChI is InChI=1S/C8H10N6O6S/c9-7(10)13-8(11)12-4-1-3(21(18,19)20)2-5(6(4)15)14(16)17/h1-2,15H,(H,18,19,20)(H6,9,10,11,12,13). The third-order valence-corrected chi connectivity index (χ3v) is 2.85. The smallest absolute Gasteiger partial charge is 0.314 e. The van der Waals surface area contributed by atoms with Crippen LogP contribution in [0.1, 0.15) is 0 Å². The maximum Gasteiger partial charge on any atom is 0.314 e. The first-order valence-corrected chi connectivity index (χ1v) is 6.39. The normalized spacial score (nSPS) is 12.0. The second-order valence-electron chi connectivity index (χ2n) is 3.55. The minimum absolute atomic E-state index is 0.459. The molecule has 0 saturated carbocycles. The van der Waals surface area contributed by atoms with Crippen LogP contribution in [0.2, 0.25) is 0 Å². The molecule has 0 aliphatic carbocycles. The van der Waals surface area contributed by atoms with Crippen LogP contribution < -0.4 is 17.2 Å². The van der Waals surface area contributed by atoms with Crippen molar-refractivity contribution in [1.29, 1.82) is 0 Å². The molecule has 0 heterocycles. The van der Waals surface area contributed by atoms with Crippen LogP contribution in [0.3, 0.4) is 0 Å². The molecule has 0 aromatic heterocycles. The topological polar surface area (TPSA) is 221 Å². The van der Waals surface area contributed by atoms with Crippen molar-refractivity contribution in [3.05, 3.63) is 22.2 Å². The molecule has 1 rings (SSSR count). The third kappa shape index (κ3) is 4.02. The number of aromatic hydroxyl groups is 1. The summed E-state index contributed by atoms with van der Waals surface area (Å²) in [5.41, 5.74) is 13.7. The molecule has 21 heavy (non-hydrogen) atoms. The first-order valence-electron chi connectivity index (χ1n) is 4.95. The monoisotopic (exact) mass is 318 g/mol. The number of guanidine groups is 2. The van der Waals surface area contributed by atoms with E-state index < -0.39 is 49.0 Å². The van der Waals surface area contributed by atoms with Gasteiger partial charge in [0.25, 0.3) is 10.1 Å². The van der Waals surface area contributed by atoms with Crippen LogP contribution in [0, 0.1) is 10.1 Å². The van der Waals surface area contributed by atoms with Crippen molar-refractivity contribution in [2.45, 2.75) is 4.90 Å². The van der Waals surface area contributed by atoms with Gasteiger partial charge in [0.05, 0.1) is 4.92 Å². The average Bonchev–Trinajstić information content (AvgIpc) is 2.28. The zero-order valence-corrected chi connectivity index (χ0v) is 11.0. The molecule has 0 saturated heterocycles. The fourth-order valence-electron chi connectivity index (χ4n) is 1.23. The summed E-state index contributed by atoms with van der Waals surface area (Å²) in [6.07, 6.45) is 0. The van der Waals surface area contributed by atoms with Crippen molar-refractivity contribution in [3.8, 4) is 5.75 Å². The first-order chi connectivity index (χ1) is 9.52. The van der Waals surface area contributed by atoms with E-state index in [9.17, 15) is 23.6 Å². The zero-order valence-electron chi connectivity index (χ0n) is 10.2. The summed E-state index contributed by atoms with van der Waals surface area (Å²) >= 11 is 0. The Hall–Kier alpha value is -2.93. The van der Waals surface area contributed by atoms with E-state index >= 15 is 0 Å². The highest BCUT2D eigenvalue weighted by molar-refractivity contribution is 7.85. The Labute approximate surface area is 117 Å². The molecule has 0 spiro atoms. The second-order valence-corrected chi connectivity index (χ2v) is 4.97. The average molecular weight is 318 g/mol. The number of benzene rings is 1. The summed E-state index contributed by atoms with van der Waals surface area (Å²) in [5.74, 6) is -2.04. The van der Waals surface area contributed by atoms with Crippen LogP contribution >= 0.6 is 0 Å². The molecule has 0 radical (unpaired) electrons. The molecular formula is C8H10N6O6S. The van der Waals surface area contributed by atoms with Crippen molar-refractivity contribution < 1.29 is 23.0 Å². The summed E-state index contributed by atoms with van der Waals surface area (Å²) in [6.45, 7) is 0. The molecule has 0 bridgehead atoms. The number of aliphatic imine (C=N–C) groups is 2. The van der Waals surface area contributed by atoms with Crippen molar-refractivity contribution in [1.82, 2.24) is 0 Å². The van der Waals surface area contributed by atoms with E-state index in [1.165, 1.54) is 0 Å². The minimum atomic E-state index is -4.77. The number of rotatable bonds is 3. The number of nitrogens with two attached hydrogens (primary N) is 3. The van der Waals surface area contributed by atoms with Crippen LogP contribution in [0.15, 0.2) is 27.0 Å². The van der Waals surface area contributed by atoms with Crippen LogP contribution in [-0.4, -0.2) is 34.9 Å². The number of phenolic OH excluding ortho intramolecular Hbond substituents is 1. The Bertz CT molecular complexity index is 751. The Morgan fingerprint density at radius 2 is 1.86 bits per heavy atom. The summed E-state index contributed by atoms with van der Waals surface area (Å²) in [4.78, 5) is 15.5. The molecule has 0 atom stereocenters. The molecule has 13 heteroatoms. The van der Waals surface area contributed by atoms with Gasteiger partial charge in [0.1, 0.15) is 10.6 Å². The molecule has 0 unspecified atom stereocenters. The predicted molar refractivity (Wildman–Crippen MR) is 71.7 cm³/mol. The number of nitro benzene ring substituents is 1. The maximum atomic E-state index is 11.0. The van der Waals surface area contributed by atoms with Gasteiger partial charge >= 0.3 is 5.69 Å². The van der Waals surface area contributed by atoms with Gasteiger partial charge in [-0.1, -0.05) is 0 Å². The maximum absolute atomic E-state index is 11.0. The van der Waals surface area contributed by atoms with Gasteiger partial charge in [-0.2, -0.15) is 13.4 Å². The zero-order chi connectivity index (χ0) is 16.4. The highest BCUT2D eigenvalue weighted by Crippen LogP contribution is 2.38. The lowest BCUT2D eigenvalue weighted by atomic mass is 10.2. The molecule has 8 N–H and O–H groups in total. The fraction of sp³-hybridized carbons (Fsp3) is 0. The van der Waals surface area contributed by atoms with Gasteiger partial charge in [-0.3, -0.25) is 14.7 Å². The molecular weight excluding hydrogens is 308 g/mol. The van der Waals surface area contributed by atoms with Gasteiger partial charge in [0.15, 0.2) is 5.96 Å². The molecule has 0 fully saturated rings. The predicted octanol–water partition coefficient (Wildman–Crippen LogP) is -1.23. The molecule has 114 valence electrons. The number of phenols is 1. The first kappa shape index (κ1) is 16.1. The van der Waals surface area contributed by atoms with Crippen molar-refractivity contribution in [2.75, 3.05) is 0 Å². The fourth-order valence-corrected chi connectivity index (χ4v) is 1.75. The third-order valence-electron chi connectivity index (χ3n) is 2.02. The van der Waals surface area contributed by atoms with Crippen LogP contribution in [0.25, 0.3) is 0 Å². The number of hydrogen-bond donors (Lipinski definition) is 5. The summed E-state index contributed by atoms with van der Waals surface area (Å²) < 4.78 is 31.0. The van der Waals surface area contributed by atoms with E-state index in [2.05, 4.69) is 9.98 Å². The molecule has 1 aromatic rings. The van der Waals surface area contributed by atoms with Gasteiger partial charge in [0, 0.05) is 6.07 Å². The molecule has 0 aliphatic rings. The highest BCUT2D eigenvalue weighted by Gasteiger charge is 2.23. The van der Waals surface area contributed by atoms with Crippen LogP contribution in [0.4, 0.5) is 11.4 Å². The SMILES string of the molecule is NC(N)=NC(N)=Nc1cc(S(=O)(=O)O)cc([N+](=O)[O-])c1O. The van der Waals surface area contributed by atoms with Gasteiger partial charge in [0.2, 0.25) is 11.7 Å².